The predicted molar refractivity (Wildman–Crippen MR) is 69.1 cm³/mol. The maximum absolute atomic E-state index is 11.9. The molecule has 1 aromatic carbocycles. The van der Waals surface area contributed by atoms with Gasteiger partial charge < -0.3 is 4.57 Å². The largest absolute Gasteiger partial charge is 0.312 e. The molecule has 3 rings (SSSR count). The predicted octanol–water partition coefficient (Wildman–Crippen LogP) is 3.16. The average Bonchev–Trinajstić information content (AvgIpc) is 3.13. The van der Waals surface area contributed by atoms with Crippen LogP contribution in [-0.2, 0) is 0 Å². The molecule has 0 saturated heterocycles. The molecule has 0 bridgehead atoms. The average molecular weight is 225 g/mol. The van der Waals surface area contributed by atoms with Crippen LogP contribution >= 0.6 is 0 Å². The Morgan fingerprint density at radius 2 is 1.88 bits per heavy atom. The van der Waals surface area contributed by atoms with Gasteiger partial charge in [-0.3, -0.25) is 4.79 Å². The van der Waals surface area contributed by atoms with Gasteiger partial charge in [0.2, 0.25) is 0 Å². The first-order valence-corrected chi connectivity index (χ1v) is 6.03. The van der Waals surface area contributed by atoms with Crippen LogP contribution in [0.25, 0.3) is 11.1 Å². The van der Waals surface area contributed by atoms with Crippen molar-refractivity contribution in [2.24, 2.45) is 0 Å². The summed E-state index contributed by atoms with van der Waals surface area (Å²) in [5.74, 6) is 0. The van der Waals surface area contributed by atoms with E-state index in [1.54, 1.807) is 6.07 Å². The fourth-order valence-electron chi connectivity index (χ4n) is 2.15. The first-order valence-electron chi connectivity index (χ1n) is 6.03. The van der Waals surface area contributed by atoms with Crippen LogP contribution in [0.4, 0.5) is 0 Å². The van der Waals surface area contributed by atoms with Gasteiger partial charge in [0.1, 0.15) is 0 Å². The molecule has 1 heterocycles. The van der Waals surface area contributed by atoms with Crippen LogP contribution in [0.1, 0.15) is 24.4 Å². The summed E-state index contributed by atoms with van der Waals surface area (Å²) in [6, 6.07) is 12.5. The van der Waals surface area contributed by atoms with Gasteiger partial charge in [0, 0.05) is 18.3 Å². The smallest absolute Gasteiger partial charge is 0.251 e. The number of aromatic nitrogens is 1. The Kier molecular flexibility index (Phi) is 2.36. The summed E-state index contributed by atoms with van der Waals surface area (Å²) in [5, 5.41) is 0. The van der Waals surface area contributed by atoms with E-state index in [1.165, 1.54) is 5.56 Å². The molecule has 0 radical (unpaired) electrons. The van der Waals surface area contributed by atoms with E-state index in [1.807, 2.05) is 29.0 Å². The van der Waals surface area contributed by atoms with Crippen molar-refractivity contribution in [3.8, 4) is 11.1 Å². The molecular formula is C15H15NO. The zero-order valence-electron chi connectivity index (χ0n) is 9.89. The van der Waals surface area contributed by atoms with E-state index in [2.05, 4.69) is 19.1 Å². The van der Waals surface area contributed by atoms with Gasteiger partial charge in [-0.15, -0.1) is 0 Å². The van der Waals surface area contributed by atoms with Gasteiger partial charge in [-0.1, -0.05) is 29.8 Å². The fraction of sp³-hybridized carbons (Fsp3) is 0.267. The lowest BCUT2D eigenvalue weighted by molar-refractivity contribution is 0.708. The zero-order valence-corrected chi connectivity index (χ0v) is 9.89. The maximum Gasteiger partial charge on any atom is 0.251 e. The van der Waals surface area contributed by atoms with Gasteiger partial charge in [0.05, 0.1) is 0 Å². The highest BCUT2D eigenvalue weighted by Gasteiger charge is 2.23. The molecule has 0 amide bonds. The van der Waals surface area contributed by atoms with Crippen molar-refractivity contribution in [2.75, 3.05) is 0 Å². The van der Waals surface area contributed by atoms with Crippen LogP contribution in [0.5, 0.6) is 0 Å². The van der Waals surface area contributed by atoms with Crippen LogP contribution in [-0.4, -0.2) is 4.57 Å². The third kappa shape index (κ3) is 2.03. The molecule has 0 spiro atoms. The monoisotopic (exact) mass is 225 g/mol. The van der Waals surface area contributed by atoms with Crippen LogP contribution < -0.4 is 5.56 Å². The minimum Gasteiger partial charge on any atom is -0.312 e. The number of hydrogen-bond donors (Lipinski definition) is 0. The van der Waals surface area contributed by atoms with E-state index < -0.39 is 0 Å². The van der Waals surface area contributed by atoms with E-state index >= 15 is 0 Å². The Balaban J connectivity index is 2.04. The Bertz CT molecular complexity index is 608. The highest BCUT2D eigenvalue weighted by atomic mass is 16.1. The van der Waals surface area contributed by atoms with E-state index in [-0.39, 0.29) is 5.56 Å². The molecule has 0 aliphatic heterocycles. The molecule has 2 aromatic rings. The van der Waals surface area contributed by atoms with Gasteiger partial charge in [-0.05, 0) is 37.0 Å². The SMILES string of the molecule is Cc1cccc(-c2ccn(C3CC3)c(=O)c2)c1. The first kappa shape index (κ1) is 10.3. The molecule has 1 aliphatic rings. The van der Waals surface area contributed by atoms with E-state index in [9.17, 15) is 4.79 Å². The quantitative estimate of drug-likeness (QED) is 0.769. The molecular weight excluding hydrogens is 210 g/mol. The molecule has 0 atom stereocenters. The summed E-state index contributed by atoms with van der Waals surface area (Å²) in [7, 11) is 0. The molecule has 1 fully saturated rings. The van der Waals surface area contributed by atoms with Crippen LogP contribution in [0.2, 0.25) is 0 Å². The number of aryl methyl sites for hydroxylation is 1. The third-order valence-corrected chi connectivity index (χ3v) is 3.24. The summed E-state index contributed by atoms with van der Waals surface area (Å²) < 4.78 is 1.85. The van der Waals surface area contributed by atoms with Gasteiger partial charge in [-0.25, -0.2) is 0 Å². The van der Waals surface area contributed by atoms with Crippen molar-refractivity contribution in [1.29, 1.82) is 0 Å². The molecule has 0 N–H and O–H groups in total. The summed E-state index contributed by atoms with van der Waals surface area (Å²) in [6.45, 7) is 2.06. The Morgan fingerprint density at radius 3 is 2.53 bits per heavy atom. The van der Waals surface area contributed by atoms with Crippen LogP contribution in [0, 0.1) is 6.92 Å². The lowest BCUT2D eigenvalue weighted by Crippen LogP contribution is -2.16. The number of benzene rings is 1. The third-order valence-electron chi connectivity index (χ3n) is 3.24. The van der Waals surface area contributed by atoms with E-state index in [0.29, 0.717) is 6.04 Å². The molecule has 1 aliphatic carbocycles. The number of hydrogen-bond acceptors (Lipinski definition) is 1. The second-order valence-electron chi connectivity index (χ2n) is 4.76. The number of rotatable bonds is 2. The normalized spacial score (nSPS) is 14.9. The van der Waals surface area contributed by atoms with Crippen molar-refractivity contribution in [3.05, 3.63) is 58.5 Å². The molecule has 0 unspecified atom stereocenters. The number of nitrogens with zero attached hydrogens (tertiary/aromatic N) is 1. The van der Waals surface area contributed by atoms with Gasteiger partial charge in [0.25, 0.3) is 5.56 Å². The molecule has 17 heavy (non-hydrogen) atoms. The molecule has 2 nitrogen and oxygen atoms in total. The van der Waals surface area contributed by atoms with Crippen molar-refractivity contribution < 1.29 is 0 Å². The molecule has 86 valence electrons. The van der Waals surface area contributed by atoms with Crippen molar-refractivity contribution in [3.63, 3.8) is 0 Å². The summed E-state index contributed by atoms with van der Waals surface area (Å²) in [6.07, 6.45) is 4.21. The maximum atomic E-state index is 11.9. The van der Waals surface area contributed by atoms with Gasteiger partial charge in [0.15, 0.2) is 0 Å². The standard InChI is InChI=1S/C15H15NO/c1-11-3-2-4-12(9-11)13-7-8-16(14-5-6-14)15(17)10-13/h2-4,7-10,14H,5-6H2,1H3. The van der Waals surface area contributed by atoms with Crippen LogP contribution in [0.3, 0.4) is 0 Å². The van der Waals surface area contributed by atoms with Gasteiger partial charge >= 0.3 is 0 Å². The Labute approximate surface area is 101 Å². The molecule has 2 heteroatoms. The lowest BCUT2D eigenvalue weighted by atomic mass is 10.1. The molecule has 1 saturated carbocycles. The molecule has 1 aromatic heterocycles. The highest BCUT2D eigenvalue weighted by Crippen LogP contribution is 2.33. The number of pyridine rings is 1. The summed E-state index contributed by atoms with van der Waals surface area (Å²) in [5.41, 5.74) is 3.46. The van der Waals surface area contributed by atoms with Crippen molar-refractivity contribution in [2.45, 2.75) is 25.8 Å². The van der Waals surface area contributed by atoms with Crippen LogP contribution in [0.15, 0.2) is 47.4 Å². The van der Waals surface area contributed by atoms with E-state index in [0.717, 1.165) is 24.0 Å². The topological polar surface area (TPSA) is 22.0 Å². The minimum absolute atomic E-state index is 0.117. The second-order valence-corrected chi connectivity index (χ2v) is 4.76. The van der Waals surface area contributed by atoms with Crippen molar-refractivity contribution >= 4 is 0 Å². The minimum atomic E-state index is 0.117. The lowest BCUT2D eigenvalue weighted by Gasteiger charge is -2.06. The fourth-order valence-corrected chi connectivity index (χ4v) is 2.15. The summed E-state index contributed by atoms with van der Waals surface area (Å²) >= 11 is 0. The first-order chi connectivity index (χ1) is 8.24. The second kappa shape index (κ2) is 3.88. The Hall–Kier alpha value is -1.83. The van der Waals surface area contributed by atoms with E-state index in [4.69, 9.17) is 0 Å². The zero-order chi connectivity index (χ0) is 11.8. The van der Waals surface area contributed by atoms with Gasteiger partial charge in [-0.2, -0.15) is 0 Å². The highest BCUT2D eigenvalue weighted by molar-refractivity contribution is 5.63. The Morgan fingerprint density at radius 1 is 1.12 bits per heavy atom. The van der Waals surface area contributed by atoms with Crippen molar-refractivity contribution in [1.82, 2.24) is 4.57 Å². The summed E-state index contributed by atoms with van der Waals surface area (Å²) in [4.78, 5) is 11.9.